The maximum Gasteiger partial charge on any atom is 0.162 e. The number of rotatable bonds is 5. The van der Waals surface area contributed by atoms with Crippen molar-refractivity contribution in [1.82, 2.24) is 9.97 Å². The van der Waals surface area contributed by atoms with Crippen molar-refractivity contribution in [3.05, 3.63) is 65.9 Å². The molecule has 0 fully saturated rings. The lowest BCUT2D eigenvalue weighted by molar-refractivity contribution is 0.105. The second-order valence-corrected chi connectivity index (χ2v) is 10.4. The fraction of sp³-hybridized carbons (Fsp3) is 0.467. The summed E-state index contributed by atoms with van der Waals surface area (Å²) in [5.74, 6) is 2.99. The van der Waals surface area contributed by atoms with Crippen LogP contribution in [0.5, 0.6) is 0 Å². The number of aryl methyl sites for hydroxylation is 1. The second-order valence-electron chi connectivity index (χ2n) is 10.4. The van der Waals surface area contributed by atoms with Crippen molar-refractivity contribution in [3.8, 4) is 11.4 Å². The van der Waals surface area contributed by atoms with E-state index in [0.29, 0.717) is 11.8 Å². The van der Waals surface area contributed by atoms with E-state index in [2.05, 4.69) is 100.0 Å². The van der Waals surface area contributed by atoms with E-state index in [1.807, 2.05) is 6.20 Å². The van der Waals surface area contributed by atoms with Crippen LogP contribution in [-0.4, -0.2) is 23.2 Å². The van der Waals surface area contributed by atoms with Crippen LogP contribution in [0.2, 0.25) is 0 Å². The number of fused-ring (bicyclic) bond motifs is 5. The van der Waals surface area contributed by atoms with Gasteiger partial charge in [-0.15, -0.1) is 0 Å². The molecule has 2 aromatic carbocycles. The minimum Gasteiger partial charge on any atom is -0.349 e. The summed E-state index contributed by atoms with van der Waals surface area (Å²) in [5, 5.41) is 0. The van der Waals surface area contributed by atoms with Crippen molar-refractivity contribution < 1.29 is 0 Å². The molecular weight excluding hydrogens is 416 g/mol. The highest BCUT2D eigenvalue weighted by Crippen LogP contribution is 2.59. The first-order valence-electron chi connectivity index (χ1n) is 13.0. The van der Waals surface area contributed by atoms with Crippen molar-refractivity contribution in [2.75, 3.05) is 16.8 Å². The molecule has 4 nitrogen and oxygen atoms in total. The fourth-order valence-corrected chi connectivity index (χ4v) is 6.83. The minimum absolute atomic E-state index is 0.105. The molecule has 4 unspecified atom stereocenters. The average Bonchev–Trinajstić information content (AvgIpc) is 3.11. The van der Waals surface area contributed by atoms with Gasteiger partial charge in [-0.1, -0.05) is 76.6 Å². The van der Waals surface area contributed by atoms with Crippen LogP contribution in [0.1, 0.15) is 70.4 Å². The molecule has 2 aliphatic rings. The molecule has 5 rings (SSSR count). The van der Waals surface area contributed by atoms with Gasteiger partial charge in [0, 0.05) is 23.7 Å². The Balaban J connectivity index is 1.77. The zero-order chi connectivity index (χ0) is 24.0. The summed E-state index contributed by atoms with van der Waals surface area (Å²) in [6.45, 7) is 11.7. The standard InChI is InChI=1S/C30H38N4/c1-7-14-24-21(8-2)23-17-12-13-18-25(23)34-28-26(33(6)29(34)30(24,5)9-3)19-31-27(32-28)22-16-11-10-15-20(22)4/h10-13,15-19,21,24,29H,7-9,14H2,1-6H3. The molecule has 178 valence electrons. The summed E-state index contributed by atoms with van der Waals surface area (Å²) in [5.41, 5.74) is 6.33. The molecule has 0 amide bonds. The van der Waals surface area contributed by atoms with Crippen LogP contribution in [0, 0.1) is 18.3 Å². The summed E-state index contributed by atoms with van der Waals surface area (Å²) in [7, 11) is 2.24. The van der Waals surface area contributed by atoms with Gasteiger partial charge in [-0.05, 0) is 55.2 Å². The Morgan fingerprint density at radius 3 is 2.41 bits per heavy atom. The SMILES string of the molecule is CCCC1C(CC)c2ccccc2N2c3nc(-c4ccccc4C)ncc3N(C)C2C1(C)CC. The quantitative estimate of drug-likeness (QED) is 0.395. The Morgan fingerprint density at radius 1 is 0.971 bits per heavy atom. The molecule has 0 spiro atoms. The zero-order valence-corrected chi connectivity index (χ0v) is 21.5. The predicted octanol–water partition coefficient (Wildman–Crippen LogP) is 7.71. The number of hydrogen-bond donors (Lipinski definition) is 0. The molecule has 4 atom stereocenters. The molecule has 0 bridgehead atoms. The lowest BCUT2D eigenvalue weighted by atomic mass is 9.63. The van der Waals surface area contributed by atoms with Gasteiger partial charge in [0.25, 0.3) is 0 Å². The number of para-hydroxylation sites is 1. The van der Waals surface area contributed by atoms with Gasteiger partial charge in [-0.25, -0.2) is 9.97 Å². The molecule has 1 aromatic heterocycles. The summed E-state index contributed by atoms with van der Waals surface area (Å²) in [6.07, 6.45) is 6.99. The summed E-state index contributed by atoms with van der Waals surface area (Å²) in [6, 6.07) is 17.5. The Hall–Kier alpha value is -2.88. The molecule has 0 aliphatic carbocycles. The van der Waals surface area contributed by atoms with Crippen LogP contribution in [0.15, 0.2) is 54.7 Å². The van der Waals surface area contributed by atoms with Gasteiger partial charge < -0.3 is 9.80 Å². The molecule has 0 N–H and O–H groups in total. The van der Waals surface area contributed by atoms with Gasteiger partial charge in [0.05, 0.1) is 6.20 Å². The second kappa shape index (κ2) is 8.72. The van der Waals surface area contributed by atoms with Crippen LogP contribution >= 0.6 is 0 Å². The van der Waals surface area contributed by atoms with E-state index >= 15 is 0 Å². The van der Waals surface area contributed by atoms with Crippen LogP contribution in [-0.2, 0) is 0 Å². The van der Waals surface area contributed by atoms with Crippen LogP contribution in [0.25, 0.3) is 11.4 Å². The molecular formula is C30H38N4. The molecule has 34 heavy (non-hydrogen) atoms. The summed E-state index contributed by atoms with van der Waals surface area (Å²) >= 11 is 0. The monoisotopic (exact) mass is 454 g/mol. The maximum absolute atomic E-state index is 5.25. The Morgan fingerprint density at radius 2 is 1.71 bits per heavy atom. The van der Waals surface area contributed by atoms with Gasteiger partial charge in [0.15, 0.2) is 11.6 Å². The van der Waals surface area contributed by atoms with Gasteiger partial charge in [-0.3, -0.25) is 0 Å². The summed E-state index contributed by atoms with van der Waals surface area (Å²) in [4.78, 5) is 15.1. The highest BCUT2D eigenvalue weighted by molar-refractivity contribution is 5.83. The molecule has 2 aliphatic heterocycles. The average molecular weight is 455 g/mol. The van der Waals surface area contributed by atoms with Crippen molar-refractivity contribution in [3.63, 3.8) is 0 Å². The summed E-state index contributed by atoms with van der Waals surface area (Å²) < 4.78 is 0. The Bertz CT molecular complexity index is 1190. The molecule has 0 saturated carbocycles. The first-order chi connectivity index (χ1) is 16.5. The van der Waals surface area contributed by atoms with Crippen LogP contribution in [0.3, 0.4) is 0 Å². The maximum atomic E-state index is 5.25. The van der Waals surface area contributed by atoms with E-state index in [4.69, 9.17) is 9.97 Å². The van der Waals surface area contributed by atoms with Gasteiger partial charge >= 0.3 is 0 Å². The number of nitrogens with zero attached hydrogens (tertiary/aromatic N) is 4. The third-order valence-corrected chi connectivity index (χ3v) is 8.68. The first kappa shape index (κ1) is 22.9. The third-order valence-electron chi connectivity index (χ3n) is 8.68. The zero-order valence-electron chi connectivity index (χ0n) is 21.5. The number of anilines is 3. The van der Waals surface area contributed by atoms with Crippen molar-refractivity contribution in [1.29, 1.82) is 0 Å². The fourth-order valence-electron chi connectivity index (χ4n) is 6.83. The van der Waals surface area contributed by atoms with E-state index in [1.165, 1.54) is 29.7 Å². The third kappa shape index (κ3) is 3.25. The molecule has 0 radical (unpaired) electrons. The number of aromatic nitrogens is 2. The van der Waals surface area contributed by atoms with Crippen molar-refractivity contribution in [2.45, 2.75) is 72.4 Å². The smallest absolute Gasteiger partial charge is 0.162 e. The van der Waals surface area contributed by atoms with Gasteiger partial charge in [-0.2, -0.15) is 0 Å². The lowest BCUT2D eigenvalue weighted by Gasteiger charge is -2.48. The Kier molecular flexibility index (Phi) is 5.87. The first-order valence-corrected chi connectivity index (χ1v) is 13.0. The van der Waals surface area contributed by atoms with E-state index in [0.717, 1.165) is 35.7 Å². The number of hydrogen-bond acceptors (Lipinski definition) is 4. The molecule has 0 saturated heterocycles. The normalized spacial score (nSPS) is 25.5. The van der Waals surface area contributed by atoms with Crippen LogP contribution in [0.4, 0.5) is 17.2 Å². The van der Waals surface area contributed by atoms with Gasteiger partial charge in [0.1, 0.15) is 11.9 Å². The highest BCUT2D eigenvalue weighted by atomic mass is 15.5. The molecule has 3 heterocycles. The van der Waals surface area contributed by atoms with E-state index in [1.54, 1.807) is 0 Å². The molecule has 3 aromatic rings. The van der Waals surface area contributed by atoms with Crippen LogP contribution < -0.4 is 9.80 Å². The van der Waals surface area contributed by atoms with Crippen molar-refractivity contribution in [2.24, 2.45) is 11.3 Å². The Labute approximate surface area is 205 Å². The number of benzene rings is 2. The van der Waals surface area contributed by atoms with E-state index < -0.39 is 0 Å². The minimum atomic E-state index is 0.105. The predicted molar refractivity (Wildman–Crippen MR) is 143 cm³/mol. The van der Waals surface area contributed by atoms with Crippen molar-refractivity contribution >= 4 is 17.2 Å². The van der Waals surface area contributed by atoms with E-state index in [-0.39, 0.29) is 11.6 Å². The van der Waals surface area contributed by atoms with Gasteiger partial charge in [0.2, 0.25) is 0 Å². The van der Waals surface area contributed by atoms with E-state index in [9.17, 15) is 0 Å². The lowest BCUT2D eigenvalue weighted by Crippen LogP contribution is -2.53. The molecule has 4 heteroatoms. The topological polar surface area (TPSA) is 32.3 Å². The largest absolute Gasteiger partial charge is 0.349 e. The highest BCUT2D eigenvalue weighted by Gasteiger charge is 2.54.